The number of aromatic nitrogens is 1. The predicted octanol–water partition coefficient (Wildman–Crippen LogP) is 2.84. The highest BCUT2D eigenvalue weighted by Crippen LogP contribution is 2.55. The molecule has 3 aliphatic rings. The van der Waals surface area contributed by atoms with E-state index >= 15 is 0 Å². The molecule has 3 heterocycles. The normalized spacial score (nSPS) is 30.5. The number of nitrogens with zero attached hydrogens (tertiary/aromatic N) is 2. The molecule has 0 bridgehead atoms. The Morgan fingerprint density at radius 2 is 2.21 bits per heavy atom. The van der Waals surface area contributed by atoms with Crippen molar-refractivity contribution in [3.63, 3.8) is 0 Å². The van der Waals surface area contributed by atoms with Gasteiger partial charge in [-0.1, -0.05) is 0 Å². The monoisotopic (exact) mass is 278 g/mol. The SMILES string of the molecule is Cc1csc(CN2CC3(CCOCC3)C2C2CC2)n1. The van der Waals surface area contributed by atoms with E-state index < -0.39 is 0 Å². The molecule has 1 aliphatic carbocycles. The molecule has 1 aromatic heterocycles. The van der Waals surface area contributed by atoms with Crippen LogP contribution < -0.4 is 0 Å². The third-order valence-electron chi connectivity index (χ3n) is 5.10. The Balaban J connectivity index is 1.48. The lowest BCUT2D eigenvalue weighted by molar-refractivity contribution is -0.144. The fraction of sp³-hybridized carbons (Fsp3) is 0.800. The summed E-state index contributed by atoms with van der Waals surface area (Å²) >= 11 is 1.82. The molecule has 4 rings (SSSR count). The summed E-state index contributed by atoms with van der Waals surface area (Å²) in [5.41, 5.74) is 1.76. The minimum Gasteiger partial charge on any atom is -0.381 e. The van der Waals surface area contributed by atoms with E-state index in [9.17, 15) is 0 Å². The van der Waals surface area contributed by atoms with Crippen molar-refractivity contribution in [3.05, 3.63) is 16.1 Å². The Morgan fingerprint density at radius 1 is 1.42 bits per heavy atom. The van der Waals surface area contributed by atoms with Crippen LogP contribution in [0.3, 0.4) is 0 Å². The first-order valence-electron chi connectivity index (χ1n) is 7.50. The summed E-state index contributed by atoms with van der Waals surface area (Å²) in [7, 11) is 0. The van der Waals surface area contributed by atoms with Gasteiger partial charge in [0.2, 0.25) is 0 Å². The van der Waals surface area contributed by atoms with Crippen LogP contribution in [-0.2, 0) is 11.3 Å². The van der Waals surface area contributed by atoms with Crippen LogP contribution in [0.25, 0.3) is 0 Å². The summed E-state index contributed by atoms with van der Waals surface area (Å²) in [5, 5.41) is 3.47. The second kappa shape index (κ2) is 4.54. The van der Waals surface area contributed by atoms with Crippen LogP contribution in [0.4, 0.5) is 0 Å². The van der Waals surface area contributed by atoms with Gasteiger partial charge >= 0.3 is 0 Å². The molecule has 104 valence electrons. The van der Waals surface area contributed by atoms with Gasteiger partial charge in [0.1, 0.15) is 5.01 Å². The first kappa shape index (κ1) is 12.3. The maximum atomic E-state index is 5.58. The van der Waals surface area contributed by atoms with E-state index in [-0.39, 0.29) is 0 Å². The standard InChI is InChI=1S/C15H22N2OS/c1-11-9-19-13(16-11)8-17-10-15(4-6-18-7-5-15)14(17)12-2-3-12/h9,12,14H,2-8,10H2,1H3. The van der Waals surface area contributed by atoms with E-state index in [1.165, 1.54) is 42.9 Å². The second-order valence-corrected chi connectivity index (χ2v) is 7.49. The fourth-order valence-corrected chi connectivity index (χ4v) is 4.91. The molecular weight excluding hydrogens is 256 g/mol. The maximum Gasteiger partial charge on any atom is 0.107 e. The molecule has 2 aliphatic heterocycles. The number of ether oxygens (including phenoxy) is 1. The van der Waals surface area contributed by atoms with Crippen LogP contribution in [0.2, 0.25) is 0 Å². The minimum atomic E-state index is 0.589. The van der Waals surface area contributed by atoms with Gasteiger partial charge in [-0.25, -0.2) is 4.98 Å². The number of hydrogen-bond donors (Lipinski definition) is 0. The van der Waals surface area contributed by atoms with Gasteiger partial charge in [0, 0.05) is 42.3 Å². The molecule has 0 aromatic carbocycles. The van der Waals surface area contributed by atoms with Crippen molar-refractivity contribution in [1.29, 1.82) is 0 Å². The third kappa shape index (κ3) is 2.14. The Bertz CT molecular complexity index is 462. The number of rotatable bonds is 3. The molecule has 3 fully saturated rings. The Morgan fingerprint density at radius 3 is 2.84 bits per heavy atom. The lowest BCUT2D eigenvalue weighted by Gasteiger charge is -2.59. The summed E-state index contributed by atoms with van der Waals surface area (Å²) in [4.78, 5) is 7.33. The van der Waals surface area contributed by atoms with Crippen molar-refractivity contribution in [2.45, 2.75) is 45.2 Å². The molecule has 0 N–H and O–H groups in total. The highest BCUT2D eigenvalue weighted by molar-refractivity contribution is 7.09. The van der Waals surface area contributed by atoms with Gasteiger partial charge in [-0.05, 0) is 38.5 Å². The number of aryl methyl sites for hydroxylation is 1. The van der Waals surface area contributed by atoms with Gasteiger partial charge < -0.3 is 4.74 Å². The zero-order valence-corrected chi connectivity index (χ0v) is 12.4. The molecule has 1 atom stereocenters. The molecule has 1 aromatic rings. The summed E-state index contributed by atoms with van der Waals surface area (Å²) in [5.74, 6) is 0.966. The van der Waals surface area contributed by atoms with Crippen molar-refractivity contribution >= 4 is 11.3 Å². The zero-order chi connectivity index (χ0) is 12.9. The Hall–Kier alpha value is -0.450. The van der Waals surface area contributed by atoms with Crippen LogP contribution in [0.5, 0.6) is 0 Å². The molecule has 0 amide bonds. The van der Waals surface area contributed by atoms with Gasteiger partial charge in [-0.15, -0.1) is 11.3 Å². The molecular formula is C15H22N2OS. The predicted molar refractivity (Wildman–Crippen MR) is 76.3 cm³/mol. The molecule has 2 saturated heterocycles. The Labute approximate surface area is 119 Å². The Kier molecular flexibility index (Phi) is 2.94. The molecule has 1 saturated carbocycles. The largest absolute Gasteiger partial charge is 0.381 e. The quantitative estimate of drug-likeness (QED) is 0.850. The first-order valence-corrected chi connectivity index (χ1v) is 8.38. The van der Waals surface area contributed by atoms with Crippen LogP contribution in [0.1, 0.15) is 36.4 Å². The van der Waals surface area contributed by atoms with Gasteiger partial charge in [0.05, 0.1) is 6.54 Å². The van der Waals surface area contributed by atoms with Crippen molar-refractivity contribution < 1.29 is 4.74 Å². The highest BCUT2D eigenvalue weighted by atomic mass is 32.1. The van der Waals surface area contributed by atoms with Gasteiger partial charge in [-0.2, -0.15) is 0 Å². The lowest BCUT2D eigenvalue weighted by Crippen LogP contribution is -2.66. The van der Waals surface area contributed by atoms with Crippen molar-refractivity contribution in [2.24, 2.45) is 11.3 Å². The van der Waals surface area contributed by atoms with E-state index in [4.69, 9.17) is 4.74 Å². The molecule has 0 radical (unpaired) electrons. The van der Waals surface area contributed by atoms with Gasteiger partial charge in [0.15, 0.2) is 0 Å². The van der Waals surface area contributed by atoms with Crippen molar-refractivity contribution in [1.82, 2.24) is 9.88 Å². The number of thiazole rings is 1. The summed E-state index contributed by atoms with van der Waals surface area (Å²) in [6.07, 6.45) is 5.45. The molecule has 19 heavy (non-hydrogen) atoms. The molecule has 3 nitrogen and oxygen atoms in total. The van der Waals surface area contributed by atoms with E-state index in [0.717, 1.165) is 31.7 Å². The molecule has 1 spiro atoms. The molecule has 1 unspecified atom stereocenters. The highest BCUT2D eigenvalue weighted by Gasteiger charge is 2.57. The number of likely N-dealkylation sites (tertiary alicyclic amines) is 1. The fourth-order valence-electron chi connectivity index (χ4n) is 4.12. The van der Waals surface area contributed by atoms with Crippen LogP contribution in [-0.4, -0.2) is 35.7 Å². The summed E-state index contributed by atoms with van der Waals surface area (Å²) in [6.45, 7) is 6.40. The topological polar surface area (TPSA) is 25.4 Å². The van der Waals surface area contributed by atoms with Crippen molar-refractivity contribution in [3.8, 4) is 0 Å². The summed E-state index contributed by atoms with van der Waals surface area (Å²) in [6, 6.07) is 0.820. The van der Waals surface area contributed by atoms with E-state index in [1.54, 1.807) is 0 Å². The molecule has 4 heteroatoms. The van der Waals surface area contributed by atoms with E-state index in [1.807, 2.05) is 11.3 Å². The number of hydrogen-bond acceptors (Lipinski definition) is 4. The zero-order valence-electron chi connectivity index (χ0n) is 11.6. The van der Waals surface area contributed by atoms with Gasteiger partial charge in [-0.3, -0.25) is 4.90 Å². The van der Waals surface area contributed by atoms with Crippen LogP contribution in [0, 0.1) is 18.3 Å². The van der Waals surface area contributed by atoms with Crippen LogP contribution >= 0.6 is 11.3 Å². The summed E-state index contributed by atoms with van der Waals surface area (Å²) < 4.78 is 5.58. The van der Waals surface area contributed by atoms with Gasteiger partial charge in [0.25, 0.3) is 0 Å². The van der Waals surface area contributed by atoms with Crippen LogP contribution in [0.15, 0.2) is 5.38 Å². The smallest absolute Gasteiger partial charge is 0.107 e. The third-order valence-corrected chi connectivity index (χ3v) is 6.05. The minimum absolute atomic E-state index is 0.589. The average Bonchev–Trinajstić information content (AvgIpc) is 3.12. The van der Waals surface area contributed by atoms with Crippen molar-refractivity contribution in [2.75, 3.05) is 19.8 Å². The van der Waals surface area contributed by atoms with E-state index in [0.29, 0.717) is 5.41 Å². The average molecular weight is 278 g/mol. The first-order chi connectivity index (χ1) is 9.27. The second-order valence-electron chi connectivity index (χ2n) is 6.54. The lowest BCUT2D eigenvalue weighted by atomic mass is 9.64. The van der Waals surface area contributed by atoms with E-state index in [2.05, 4.69) is 22.2 Å². The maximum absolute atomic E-state index is 5.58.